The van der Waals surface area contributed by atoms with Crippen LogP contribution >= 0.6 is 0 Å². The van der Waals surface area contributed by atoms with Gasteiger partial charge in [0, 0.05) is 18.2 Å². The van der Waals surface area contributed by atoms with Gasteiger partial charge in [-0.1, -0.05) is 57.2 Å². The van der Waals surface area contributed by atoms with Gasteiger partial charge in [-0.15, -0.1) is 0 Å². The molecule has 2 heteroatoms. The molecule has 1 amide bonds. The van der Waals surface area contributed by atoms with Crippen LogP contribution in [0.15, 0.2) is 30.3 Å². The molecule has 0 heterocycles. The molecule has 0 saturated heterocycles. The van der Waals surface area contributed by atoms with Gasteiger partial charge < -0.3 is 4.90 Å². The second-order valence-electron chi connectivity index (χ2n) is 5.86. The molecule has 1 saturated carbocycles. The molecule has 1 aliphatic rings. The number of rotatable bonds is 6. The van der Waals surface area contributed by atoms with Crippen LogP contribution < -0.4 is 0 Å². The highest BCUT2D eigenvalue weighted by Gasteiger charge is 2.25. The Bertz CT molecular complexity index is 395. The van der Waals surface area contributed by atoms with E-state index in [2.05, 4.69) is 11.8 Å². The van der Waals surface area contributed by atoms with Crippen LogP contribution in [-0.2, 0) is 0 Å². The Balaban J connectivity index is 2.06. The largest absolute Gasteiger partial charge is 0.336 e. The van der Waals surface area contributed by atoms with E-state index in [0.717, 1.165) is 18.5 Å². The maximum absolute atomic E-state index is 12.8. The summed E-state index contributed by atoms with van der Waals surface area (Å²) in [6, 6.07) is 10.2. The monoisotopic (exact) mass is 273 g/mol. The van der Waals surface area contributed by atoms with Crippen LogP contribution in [0.1, 0.15) is 68.6 Å². The van der Waals surface area contributed by atoms with Crippen LogP contribution in [0.3, 0.4) is 0 Å². The molecular weight excluding hydrogens is 246 g/mol. The van der Waals surface area contributed by atoms with Crippen LogP contribution in [0.25, 0.3) is 0 Å². The minimum Gasteiger partial charge on any atom is -0.336 e. The van der Waals surface area contributed by atoms with Gasteiger partial charge >= 0.3 is 0 Å². The molecule has 2 rings (SSSR count). The van der Waals surface area contributed by atoms with Gasteiger partial charge in [0.05, 0.1) is 0 Å². The van der Waals surface area contributed by atoms with Crippen molar-refractivity contribution in [1.82, 2.24) is 4.90 Å². The first-order chi connectivity index (χ1) is 9.83. The zero-order chi connectivity index (χ0) is 14.2. The number of unbranched alkanes of at least 4 members (excludes halogenated alkanes) is 2. The molecule has 0 atom stereocenters. The number of nitrogens with zero attached hydrogens (tertiary/aromatic N) is 1. The number of hydrogen-bond acceptors (Lipinski definition) is 1. The van der Waals surface area contributed by atoms with E-state index in [9.17, 15) is 4.79 Å². The van der Waals surface area contributed by atoms with E-state index < -0.39 is 0 Å². The molecule has 0 bridgehead atoms. The summed E-state index contributed by atoms with van der Waals surface area (Å²) in [6.07, 6.45) is 9.80. The zero-order valence-electron chi connectivity index (χ0n) is 12.7. The quantitative estimate of drug-likeness (QED) is 0.691. The lowest BCUT2D eigenvalue weighted by molar-refractivity contribution is 0.0629. The van der Waals surface area contributed by atoms with E-state index in [0.29, 0.717) is 6.04 Å². The van der Waals surface area contributed by atoms with Gasteiger partial charge in [-0.2, -0.15) is 0 Å². The van der Waals surface area contributed by atoms with Gasteiger partial charge in [-0.3, -0.25) is 4.79 Å². The van der Waals surface area contributed by atoms with Crippen molar-refractivity contribution in [2.45, 2.75) is 64.3 Å². The third-order valence-corrected chi connectivity index (χ3v) is 4.30. The van der Waals surface area contributed by atoms with Gasteiger partial charge in [0.2, 0.25) is 0 Å². The maximum atomic E-state index is 12.8. The molecule has 1 aliphatic carbocycles. The molecule has 0 N–H and O–H groups in total. The average Bonchev–Trinajstić information content (AvgIpc) is 2.53. The van der Waals surface area contributed by atoms with Crippen LogP contribution in [0, 0.1) is 0 Å². The molecule has 1 aromatic rings. The maximum Gasteiger partial charge on any atom is 0.254 e. The summed E-state index contributed by atoms with van der Waals surface area (Å²) >= 11 is 0. The minimum atomic E-state index is 0.230. The van der Waals surface area contributed by atoms with E-state index in [4.69, 9.17) is 0 Å². The highest BCUT2D eigenvalue weighted by molar-refractivity contribution is 5.94. The van der Waals surface area contributed by atoms with Gasteiger partial charge in [0.1, 0.15) is 0 Å². The number of amides is 1. The Kier molecular flexibility index (Phi) is 6.10. The van der Waals surface area contributed by atoms with E-state index in [-0.39, 0.29) is 5.91 Å². The van der Waals surface area contributed by atoms with Gasteiger partial charge in [-0.25, -0.2) is 0 Å². The Hall–Kier alpha value is -1.31. The summed E-state index contributed by atoms with van der Waals surface area (Å²) in [5, 5.41) is 0. The highest BCUT2D eigenvalue weighted by atomic mass is 16.2. The first-order valence-corrected chi connectivity index (χ1v) is 8.19. The molecule has 0 spiro atoms. The van der Waals surface area contributed by atoms with E-state index in [1.807, 2.05) is 30.3 Å². The van der Waals surface area contributed by atoms with Crippen molar-refractivity contribution in [1.29, 1.82) is 0 Å². The summed E-state index contributed by atoms with van der Waals surface area (Å²) in [7, 11) is 0. The third-order valence-electron chi connectivity index (χ3n) is 4.30. The first kappa shape index (κ1) is 15.1. The van der Waals surface area contributed by atoms with Crippen LogP contribution in [0.2, 0.25) is 0 Å². The fraction of sp³-hybridized carbons (Fsp3) is 0.611. The van der Waals surface area contributed by atoms with Crippen molar-refractivity contribution >= 4 is 5.91 Å². The SMILES string of the molecule is CCCCCN(C(=O)c1ccccc1)C1CCCCC1. The van der Waals surface area contributed by atoms with Gasteiger partial charge in [-0.05, 0) is 31.4 Å². The molecule has 20 heavy (non-hydrogen) atoms. The minimum absolute atomic E-state index is 0.230. The lowest BCUT2D eigenvalue weighted by Gasteiger charge is -2.34. The van der Waals surface area contributed by atoms with Crippen LogP contribution in [0.4, 0.5) is 0 Å². The summed E-state index contributed by atoms with van der Waals surface area (Å²) in [5.74, 6) is 0.230. The molecule has 110 valence electrons. The van der Waals surface area contributed by atoms with Gasteiger partial charge in [0.15, 0.2) is 0 Å². The standard InChI is InChI=1S/C18H27NO/c1-2-3-10-15-19(17-13-8-5-9-14-17)18(20)16-11-6-4-7-12-16/h4,6-7,11-12,17H,2-3,5,8-10,13-15H2,1H3. The number of carbonyl (C=O) groups excluding carboxylic acids is 1. The summed E-state index contributed by atoms with van der Waals surface area (Å²) < 4.78 is 0. The van der Waals surface area contributed by atoms with Crippen molar-refractivity contribution in [3.05, 3.63) is 35.9 Å². The summed E-state index contributed by atoms with van der Waals surface area (Å²) in [6.45, 7) is 3.14. The molecule has 0 unspecified atom stereocenters. The van der Waals surface area contributed by atoms with E-state index in [1.165, 1.54) is 44.9 Å². The predicted octanol–water partition coefficient (Wildman–Crippen LogP) is 4.65. The molecular formula is C18H27NO. The normalized spacial score (nSPS) is 16.1. The number of carbonyl (C=O) groups is 1. The fourth-order valence-corrected chi connectivity index (χ4v) is 3.12. The van der Waals surface area contributed by atoms with Crippen LogP contribution in [-0.4, -0.2) is 23.4 Å². The first-order valence-electron chi connectivity index (χ1n) is 8.19. The highest BCUT2D eigenvalue weighted by Crippen LogP contribution is 2.24. The number of hydrogen-bond donors (Lipinski definition) is 0. The molecule has 0 radical (unpaired) electrons. The lowest BCUT2D eigenvalue weighted by atomic mass is 9.93. The Morgan fingerprint density at radius 1 is 1.10 bits per heavy atom. The summed E-state index contributed by atoms with van der Waals surface area (Å²) in [4.78, 5) is 14.9. The molecule has 1 fully saturated rings. The fourth-order valence-electron chi connectivity index (χ4n) is 3.12. The topological polar surface area (TPSA) is 20.3 Å². The van der Waals surface area contributed by atoms with Crippen molar-refractivity contribution in [2.75, 3.05) is 6.54 Å². The third kappa shape index (κ3) is 4.09. The molecule has 1 aromatic carbocycles. The van der Waals surface area contributed by atoms with Crippen molar-refractivity contribution in [3.63, 3.8) is 0 Å². The lowest BCUT2D eigenvalue weighted by Crippen LogP contribution is -2.42. The number of benzene rings is 1. The van der Waals surface area contributed by atoms with Gasteiger partial charge in [0.25, 0.3) is 5.91 Å². The second kappa shape index (κ2) is 8.08. The predicted molar refractivity (Wildman–Crippen MR) is 83.9 cm³/mol. The summed E-state index contributed by atoms with van der Waals surface area (Å²) in [5.41, 5.74) is 0.842. The smallest absolute Gasteiger partial charge is 0.254 e. The molecule has 0 aromatic heterocycles. The molecule has 0 aliphatic heterocycles. The zero-order valence-corrected chi connectivity index (χ0v) is 12.7. The van der Waals surface area contributed by atoms with E-state index in [1.54, 1.807) is 0 Å². The second-order valence-corrected chi connectivity index (χ2v) is 5.86. The van der Waals surface area contributed by atoms with Crippen LogP contribution in [0.5, 0.6) is 0 Å². The Morgan fingerprint density at radius 3 is 2.45 bits per heavy atom. The van der Waals surface area contributed by atoms with Crippen molar-refractivity contribution < 1.29 is 4.79 Å². The Labute approximate surface area is 123 Å². The van der Waals surface area contributed by atoms with E-state index >= 15 is 0 Å². The molecule has 2 nitrogen and oxygen atoms in total. The Morgan fingerprint density at radius 2 is 1.80 bits per heavy atom. The van der Waals surface area contributed by atoms with Crippen molar-refractivity contribution in [2.24, 2.45) is 0 Å². The average molecular weight is 273 g/mol. The van der Waals surface area contributed by atoms with Crippen molar-refractivity contribution in [3.8, 4) is 0 Å².